The molecule has 0 radical (unpaired) electrons. The minimum atomic E-state index is -3.15. The number of nitrogens with zero attached hydrogens (tertiary/aromatic N) is 3. The van der Waals surface area contributed by atoms with E-state index in [9.17, 15) is 8.42 Å². The summed E-state index contributed by atoms with van der Waals surface area (Å²) in [7, 11) is -3.15. The van der Waals surface area contributed by atoms with E-state index in [1.807, 2.05) is 16.8 Å². The first-order valence-corrected chi connectivity index (χ1v) is 10.4. The van der Waals surface area contributed by atoms with Gasteiger partial charge in [-0.25, -0.2) is 13.1 Å². The molecule has 2 aromatic rings. The smallest absolute Gasteiger partial charge is 0.214 e. The molecular weight excluding hydrogens is 336 g/mol. The van der Waals surface area contributed by atoms with Crippen molar-refractivity contribution in [2.45, 2.75) is 37.1 Å². The molecule has 1 unspecified atom stereocenters. The predicted molar refractivity (Wildman–Crippen MR) is 96.6 cm³/mol. The second kappa shape index (κ2) is 6.90. The number of rotatable bonds is 7. The van der Waals surface area contributed by atoms with Gasteiger partial charge in [0.05, 0.1) is 17.0 Å². The van der Waals surface area contributed by atoms with Crippen LogP contribution in [0.3, 0.4) is 0 Å². The van der Waals surface area contributed by atoms with Gasteiger partial charge in [0.25, 0.3) is 0 Å². The molecule has 1 N–H and O–H groups in total. The lowest BCUT2D eigenvalue weighted by Crippen LogP contribution is -2.44. The molecule has 0 spiro atoms. The lowest BCUT2D eigenvalue weighted by molar-refractivity contribution is 0.177. The molecule has 4 rings (SSSR count). The van der Waals surface area contributed by atoms with Gasteiger partial charge in [-0.3, -0.25) is 9.58 Å². The zero-order chi connectivity index (χ0) is 17.3. The molecule has 0 bridgehead atoms. The molecule has 1 atom stereocenters. The molecule has 7 heteroatoms. The summed E-state index contributed by atoms with van der Waals surface area (Å²) in [5.41, 5.74) is 2.47. The van der Waals surface area contributed by atoms with E-state index in [0.29, 0.717) is 6.54 Å². The largest absolute Gasteiger partial charge is 0.295 e. The standard InChI is InChI=1S/C18H24N4O2S/c23-25(24,18-6-7-18)20-12-17-14-21(13-16-8-10-19-22(16)17)11-9-15-4-2-1-3-5-15/h1-5,8,10,17-18,20H,6-7,9,11-14H2. The van der Waals surface area contributed by atoms with Crippen molar-refractivity contribution >= 4 is 10.0 Å². The summed E-state index contributed by atoms with van der Waals surface area (Å²) in [4.78, 5) is 2.39. The minimum Gasteiger partial charge on any atom is -0.295 e. The van der Waals surface area contributed by atoms with Crippen molar-refractivity contribution in [1.29, 1.82) is 0 Å². The van der Waals surface area contributed by atoms with E-state index in [2.05, 4.69) is 39.0 Å². The van der Waals surface area contributed by atoms with Crippen molar-refractivity contribution in [3.8, 4) is 0 Å². The highest BCUT2D eigenvalue weighted by atomic mass is 32.2. The van der Waals surface area contributed by atoms with Gasteiger partial charge in [-0.05, 0) is 30.9 Å². The Kier molecular flexibility index (Phi) is 4.62. The summed E-state index contributed by atoms with van der Waals surface area (Å²) in [6.07, 6.45) is 4.38. The van der Waals surface area contributed by atoms with Crippen molar-refractivity contribution in [3.63, 3.8) is 0 Å². The molecule has 0 saturated heterocycles. The number of hydrogen-bond donors (Lipinski definition) is 1. The number of aromatic nitrogens is 2. The summed E-state index contributed by atoms with van der Waals surface area (Å²) in [5.74, 6) is 0. The average Bonchev–Trinajstić information content (AvgIpc) is 3.38. The number of nitrogens with one attached hydrogen (secondary N) is 1. The van der Waals surface area contributed by atoms with Gasteiger partial charge in [-0.2, -0.15) is 5.10 Å². The van der Waals surface area contributed by atoms with E-state index in [0.717, 1.165) is 44.6 Å². The van der Waals surface area contributed by atoms with Crippen LogP contribution in [0.5, 0.6) is 0 Å². The van der Waals surface area contributed by atoms with Crippen LogP contribution in [0.4, 0.5) is 0 Å². The van der Waals surface area contributed by atoms with Crippen molar-refractivity contribution in [2.24, 2.45) is 0 Å². The third-order valence-electron chi connectivity index (χ3n) is 5.00. The minimum absolute atomic E-state index is 0.0445. The second-order valence-electron chi connectivity index (χ2n) is 6.98. The Morgan fingerprint density at radius 2 is 1.96 bits per heavy atom. The van der Waals surface area contributed by atoms with Gasteiger partial charge in [0.2, 0.25) is 10.0 Å². The molecule has 1 aromatic carbocycles. The van der Waals surface area contributed by atoms with Crippen LogP contribution in [0.25, 0.3) is 0 Å². The van der Waals surface area contributed by atoms with Gasteiger partial charge in [0.1, 0.15) is 0 Å². The molecule has 1 aliphatic carbocycles. The van der Waals surface area contributed by atoms with Crippen LogP contribution in [-0.2, 0) is 23.0 Å². The first-order chi connectivity index (χ1) is 12.1. The highest BCUT2D eigenvalue weighted by Crippen LogP contribution is 2.28. The Morgan fingerprint density at radius 1 is 1.16 bits per heavy atom. The quantitative estimate of drug-likeness (QED) is 0.814. The number of hydrogen-bond acceptors (Lipinski definition) is 4. The van der Waals surface area contributed by atoms with Crippen LogP contribution in [0.15, 0.2) is 42.6 Å². The Labute approximate surface area is 148 Å². The predicted octanol–water partition coefficient (Wildman–Crippen LogP) is 1.56. The first-order valence-electron chi connectivity index (χ1n) is 8.89. The van der Waals surface area contributed by atoms with Crippen LogP contribution in [0.1, 0.15) is 30.1 Å². The molecule has 1 aliphatic heterocycles. The highest BCUT2D eigenvalue weighted by molar-refractivity contribution is 7.90. The lowest BCUT2D eigenvalue weighted by Gasteiger charge is -2.34. The highest BCUT2D eigenvalue weighted by Gasteiger charge is 2.36. The Hall–Kier alpha value is -1.70. The van der Waals surface area contributed by atoms with E-state index >= 15 is 0 Å². The van der Waals surface area contributed by atoms with Crippen LogP contribution in [0.2, 0.25) is 0 Å². The molecule has 25 heavy (non-hydrogen) atoms. The number of benzene rings is 1. The van der Waals surface area contributed by atoms with Crippen molar-refractivity contribution in [3.05, 3.63) is 53.9 Å². The Bertz CT molecular complexity index is 815. The van der Waals surface area contributed by atoms with Crippen LogP contribution in [0, 0.1) is 0 Å². The van der Waals surface area contributed by atoms with Gasteiger partial charge in [0.15, 0.2) is 0 Å². The molecule has 1 aromatic heterocycles. The van der Waals surface area contributed by atoms with E-state index in [1.54, 1.807) is 6.20 Å². The first kappa shape index (κ1) is 16.8. The normalized spacial score (nSPS) is 21.2. The van der Waals surface area contributed by atoms with Gasteiger partial charge in [-0.15, -0.1) is 0 Å². The maximum absolute atomic E-state index is 12.1. The fourth-order valence-corrected chi connectivity index (χ4v) is 4.84. The number of sulfonamides is 1. The maximum atomic E-state index is 12.1. The zero-order valence-electron chi connectivity index (χ0n) is 14.2. The van der Waals surface area contributed by atoms with Crippen LogP contribution < -0.4 is 4.72 Å². The second-order valence-corrected chi connectivity index (χ2v) is 9.03. The molecule has 6 nitrogen and oxygen atoms in total. The molecule has 1 saturated carbocycles. The molecular formula is C18H24N4O2S. The van der Waals surface area contributed by atoms with Gasteiger partial charge >= 0.3 is 0 Å². The molecule has 0 amide bonds. The topological polar surface area (TPSA) is 67.2 Å². The monoisotopic (exact) mass is 360 g/mol. The maximum Gasteiger partial charge on any atom is 0.214 e. The third-order valence-corrected chi connectivity index (χ3v) is 6.91. The zero-order valence-corrected chi connectivity index (χ0v) is 15.0. The van der Waals surface area contributed by atoms with Crippen LogP contribution in [-0.4, -0.2) is 48.0 Å². The van der Waals surface area contributed by atoms with Gasteiger partial charge < -0.3 is 0 Å². The summed E-state index contributed by atoms with van der Waals surface area (Å²) in [6.45, 7) is 3.05. The van der Waals surface area contributed by atoms with Crippen molar-refractivity contribution < 1.29 is 8.42 Å². The van der Waals surface area contributed by atoms with E-state index in [1.165, 1.54) is 5.56 Å². The third kappa shape index (κ3) is 3.94. The molecule has 2 heterocycles. The van der Waals surface area contributed by atoms with Gasteiger partial charge in [-0.1, -0.05) is 30.3 Å². The lowest BCUT2D eigenvalue weighted by atomic mass is 10.1. The van der Waals surface area contributed by atoms with Crippen molar-refractivity contribution in [2.75, 3.05) is 19.6 Å². The SMILES string of the molecule is O=S(=O)(NCC1CN(CCc2ccccc2)Cc2ccnn21)C1CC1. The summed E-state index contributed by atoms with van der Waals surface area (Å²) >= 11 is 0. The average molecular weight is 360 g/mol. The fourth-order valence-electron chi connectivity index (χ4n) is 3.43. The summed E-state index contributed by atoms with van der Waals surface area (Å²) in [6, 6.07) is 12.5. The molecule has 134 valence electrons. The Balaban J connectivity index is 1.40. The van der Waals surface area contributed by atoms with Crippen LogP contribution >= 0.6 is 0 Å². The summed E-state index contributed by atoms with van der Waals surface area (Å²) < 4.78 is 29.0. The van der Waals surface area contributed by atoms with Crippen molar-refractivity contribution in [1.82, 2.24) is 19.4 Å². The van der Waals surface area contributed by atoms with E-state index in [4.69, 9.17) is 0 Å². The van der Waals surface area contributed by atoms with Gasteiger partial charge in [0, 0.05) is 32.4 Å². The molecule has 1 fully saturated rings. The summed E-state index contributed by atoms with van der Waals surface area (Å²) in [5, 5.41) is 4.23. The molecule has 2 aliphatic rings. The fraction of sp³-hybridized carbons (Fsp3) is 0.500. The van der Waals surface area contributed by atoms with E-state index < -0.39 is 10.0 Å². The van der Waals surface area contributed by atoms with E-state index in [-0.39, 0.29) is 11.3 Å². The Morgan fingerprint density at radius 3 is 2.72 bits per heavy atom. The number of fused-ring (bicyclic) bond motifs is 1.